The zero-order chi connectivity index (χ0) is 29.0. The van der Waals surface area contributed by atoms with Crippen LogP contribution in [0.3, 0.4) is 0 Å². The van der Waals surface area contributed by atoms with Gasteiger partial charge in [0.05, 0.1) is 17.0 Å². The Balaban J connectivity index is 0.000000884. The Bertz CT molecular complexity index is 928. The highest BCUT2D eigenvalue weighted by Crippen LogP contribution is 2.32. The van der Waals surface area contributed by atoms with E-state index in [1.807, 2.05) is 25.7 Å². The zero-order valence-corrected chi connectivity index (χ0v) is 25.0. The van der Waals surface area contributed by atoms with Gasteiger partial charge in [-0.25, -0.2) is 0 Å². The number of nitrogens with zero attached hydrogens (tertiary/aromatic N) is 2. The highest BCUT2D eigenvalue weighted by Gasteiger charge is 2.30. The quantitative estimate of drug-likeness (QED) is 0.262. The van der Waals surface area contributed by atoms with Crippen molar-refractivity contribution in [1.82, 2.24) is 9.80 Å². The number of alkyl halides is 3. The van der Waals surface area contributed by atoms with Crippen molar-refractivity contribution >= 4 is 0 Å². The molecule has 5 heteroatoms. The molecule has 0 aliphatic heterocycles. The summed E-state index contributed by atoms with van der Waals surface area (Å²) in [5, 5.41) is 0. The van der Waals surface area contributed by atoms with Crippen LogP contribution >= 0.6 is 0 Å². The molecule has 1 fully saturated rings. The van der Waals surface area contributed by atoms with Crippen LogP contribution in [0.5, 0.6) is 0 Å². The van der Waals surface area contributed by atoms with E-state index < -0.39 is 11.7 Å². The maximum Gasteiger partial charge on any atom is 0.416 e. The summed E-state index contributed by atoms with van der Waals surface area (Å²) in [5.74, 6) is 1.62. The third-order valence-corrected chi connectivity index (χ3v) is 7.03. The molecule has 0 heterocycles. The van der Waals surface area contributed by atoms with E-state index >= 15 is 0 Å². The van der Waals surface area contributed by atoms with Gasteiger partial charge in [0.15, 0.2) is 0 Å². The van der Waals surface area contributed by atoms with Crippen LogP contribution in [0.25, 0.3) is 0 Å². The molecule has 2 nitrogen and oxygen atoms in total. The van der Waals surface area contributed by atoms with Crippen LogP contribution in [0.1, 0.15) is 105 Å². The normalized spacial score (nSPS) is 13.9. The molecular formula is C33H51F3N2. The maximum atomic E-state index is 12.9. The summed E-state index contributed by atoms with van der Waals surface area (Å²) < 4.78 is 38.7. The van der Waals surface area contributed by atoms with Crippen LogP contribution in [-0.2, 0) is 12.7 Å². The highest BCUT2D eigenvalue weighted by atomic mass is 19.4. The Labute approximate surface area is 231 Å². The van der Waals surface area contributed by atoms with E-state index in [1.54, 1.807) is 0 Å². The monoisotopic (exact) mass is 532 g/mol. The second-order valence-corrected chi connectivity index (χ2v) is 11.3. The van der Waals surface area contributed by atoms with Crippen molar-refractivity contribution in [3.8, 4) is 0 Å². The summed E-state index contributed by atoms with van der Waals surface area (Å²) in [6.45, 7) is 28.6. The first-order valence-corrected chi connectivity index (χ1v) is 14.1. The Morgan fingerprint density at radius 3 is 1.87 bits per heavy atom. The van der Waals surface area contributed by atoms with Crippen molar-refractivity contribution in [3.63, 3.8) is 0 Å². The summed E-state index contributed by atoms with van der Waals surface area (Å²) >= 11 is 0. The van der Waals surface area contributed by atoms with Crippen LogP contribution in [0, 0.1) is 11.8 Å². The molecule has 1 aromatic rings. The van der Waals surface area contributed by atoms with Crippen molar-refractivity contribution < 1.29 is 13.2 Å². The van der Waals surface area contributed by atoms with Gasteiger partial charge in [0.25, 0.3) is 0 Å². The molecule has 1 aliphatic carbocycles. The van der Waals surface area contributed by atoms with E-state index in [0.29, 0.717) is 12.5 Å². The number of halogens is 3. The van der Waals surface area contributed by atoms with Crippen molar-refractivity contribution in [2.24, 2.45) is 11.8 Å². The molecule has 1 saturated carbocycles. The fourth-order valence-corrected chi connectivity index (χ4v) is 4.73. The molecule has 0 saturated heterocycles. The summed E-state index contributed by atoms with van der Waals surface area (Å²) in [7, 11) is 0. The standard InChI is InChI=1S/C26H37F3N2.C7H14/c1-10-30(21(8)12-11-18(2)3)22(9)25(19(4)5)31(20(6)7)17-23-13-15-24(16-14-23)26(27,28)29;1-7-5-3-2-4-6-7/h13-16,18H,6,8-12,17H2,1-5,7H3;7H,2-6H2,1H3. The molecule has 38 heavy (non-hydrogen) atoms. The Kier molecular flexibility index (Phi) is 14.0. The lowest BCUT2D eigenvalue weighted by Crippen LogP contribution is -2.30. The van der Waals surface area contributed by atoms with Gasteiger partial charge in [-0.15, -0.1) is 0 Å². The first-order chi connectivity index (χ1) is 17.7. The number of likely N-dealkylation sites (N-methyl/N-ethyl adjacent to an activating group) is 1. The average Bonchev–Trinajstić information content (AvgIpc) is 2.83. The molecule has 2 rings (SSSR count). The van der Waals surface area contributed by atoms with Gasteiger partial charge in [0.1, 0.15) is 0 Å². The first-order valence-electron chi connectivity index (χ1n) is 14.1. The second-order valence-electron chi connectivity index (χ2n) is 11.3. The van der Waals surface area contributed by atoms with Crippen molar-refractivity contribution in [2.75, 3.05) is 6.54 Å². The zero-order valence-electron chi connectivity index (χ0n) is 25.0. The lowest BCUT2D eigenvalue weighted by Gasteiger charge is -2.36. The van der Waals surface area contributed by atoms with E-state index in [1.165, 1.54) is 44.2 Å². The minimum atomic E-state index is -4.34. The molecule has 0 radical (unpaired) electrons. The number of rotatable bonds is 11. The summed E-state index contributed by atoms with van der Waals surface area (Å²) in [6, 6.07) is 5.27. The lowest BCUT2D eigenvalue weighted by atomic mass is 9.91. The first kappa shape index (κ1) is 33.6. The Hall–Kier alpha value is -2.43. The van der Waals surface area contributed by atoms with Gasteiger partial charge >= 0.3 is 6.18 Å². The van der Waals surface area contributed by atoms with Crippen molar-refractivity contribution in [1.29, 1.82) is 0 Å². The van der Waals surface area contributed by atoms with Gasteiger partial charge < -0.3 is 9.80 Å². The molecule has 0 atom stereocenters. The van der Waals surface area contributed by atoms with Gasteiger partial charge in [-0.3, -0.25) is 0 Å². The molecule has 0 unspecified atom stereocenters. The fourth-order valence-electron chi connectivity index (χ4n) is 4.73. The highest BCUT2D eigenvalue weighted by molar-refractivity contribution is 5.36. The van der Waals surface area contributed by atoms with Crippen LogP contribution < -0.4 is 0 Å². The third kappa shape index (κ3) is 11.1. The van der Waals surface area contributed by atoms with Gasteiger partial charge in [0, 0.05) is 24.5 Å². The third-order valence-electron chi connectivity index (χ3n) is 7.03. The van der Waals surface area contributed by atoms with E-state index in [-0.39, 0.29) is 0 Å². The smallest absolute Gasteiger partial charge is 0.345 e. The molecular weight excluding hydrogens is 481 g/mol. The van der Waals surface area contributed by atoms with Gasteiger partial charge in [-0.05, 0) is 70.1 Å². The van der Waals surface area contributed by atoms with E-state index in [0.717, 1.165) is 71.4 Å². The van der Waals surface area contributed by atoms with Gasteiger partial charge in [0.2, 0.25) is 0 Å². The summed E-state index contributed by atoms with van der Waals surface area (Å²) in [5.41, 5.74) is 4.71. The summed E-state index contributed by atoms with van der Waals surface area (Å²) in [4.78, 5) is 4.13. The Morgan fingerprint density at radius 1 is 0.947 bits per heavy atom. The van der Waals surface area contributed by atoms with E-state index in [2.05, 4.69) is 52.3 Å². The van der Waals surface area contributed by atoms with Crippen molar-refractivity contribution in [2.45, 2.75) is 106 Å². The van der Waals surface area contributed by atoms with Gasteiger partial charge in [-0.2, -0.15) is 13.2 Å². The van der Waals surface area contributed by atoms with Crippen LogP contribution in [0.2, 0.25) is 0 Å². The summed E-state index contributed by atoms with van der Waals surface area (Å²) in [6.07, 6.45) is 5.02. The van der Waals surface area contributed by atoms with Gasteiger partial charge in [-0.1, -0.05) is 90.3 Å². The van der Waals surface area contributed by atoms with E-state index in [4.69, 9.17) is 0 Å². The van der Waals surface area contributed by atoms with Crippen LogP contribution in [0.4, 0.5) is 13.2 Å². The number of benzene rings is 1. The molecule has 0 aromatic heterocycles. The predicted molar refractivity (Wildman–Crippen MR) is 157 cm³/mol. The SMILES string of the molecule is C=C(C)N(Cc1ccc(C(F)(F)F)cc1)C(C(=C)N(CC)C(=C)CCC(C)C)=C(C)C.CC1CCCCC1. The molecule has 0 bridgehead atoms. The van der Waals surface area contributed by atoms with Crippen LogP contribution in [-0.4, -0.2) is 16.3 Å². The number of hydrogen-bond acceptors (Lipinski definition) is 2. The predicted octanol–water partition coefficient (Wildman–Crippen LogP) is 10.7. The van der Waals surface area contributed by atoms with Crippen LogP contribution in [0.15, 0.2) is 72.4 Å². The molecule has 0 amide bonds. The molecule has 0 spiro atoms. The lowest BCUT2D eigenvalue weighted by molar-refractivity contribution is -0.137. The Morgan fingerprint density at radius 2 is 1.50 bits per heavy atom. The topological polar surface area (TPSA) is 6.48 Å². The molecule has 0 N–H and O–H groups in total. The molecule has 1 aromatic carbocycles. The fraction of sp³-hybridized carbons (Fsp3) is 0.576. The molecule has 214 valence electrons. The van der Waals surface area contributed by atoms with E-state index in [9.17, 15) is 13.2 Å². The number of hydrogen-bond donors (Lipinski definition) is 0. The average molecular weight is 533 g/mol. The maximum absolute atomic E-state index is 12.9. The largest absolute Gasteiger partial charge is 0.416 e. The second kappa shape index (κ2) is 15.9. The number of allylic oxidation sites excluding steroid dienone is 3. The molecule has 1 aliphatic rings. The van der Waals surface area contributed by atoms with Crippen molar-refractivity contribution in [3.05, 3.63) is 83.5 Å². The minimum absolute atomic E-state index is 0.406. The minimum Gasteiger partial charge on any atom is -0.345 e.